The van der Waals surface area contributed by atoms with E-state index in [1.165, 1.54) is 6.42 Å². The van der Waals surface area contributed by atoms with E-state index in [1.807, 2.05) is 36.1 Å². The molecule has 1 aromatic carbocycles. The van der Waals surface area contributed by atoms with E-state index in [4.69, 9.17) is 11.6 Å². The van der Waals surface area contributed by atoms with Crippen molar-refractivity contribution in [1.29, 1.82) is 0 Å². The second-order valence-electron chi connectivity index (χ2n) is 6.30. The van der Waals surface area contributed by atoms with Gasteiger partial charge >= 0.3 is 0 Å². The fourth-order valence-corrected chi connectivity index (χ4v) is 3.11. The zero-order chi connectivity index (χ0) is 17.9. The lowest BCUT2D eigenvalue weighted by Gasteiger charge is -2.20. The number of nitrogens with one attached hydrogen (secondary N) is 2. The number of nitrogens with zero attached hydrogens (tertiary/aromatic N) is 2. The van der Waals surface area contributed by atoms with Crippen molar-refractivity contribution in [3.63, 3.8) is 0 Å². The molecule has 0 spiro atoms. The number of carbonyl (C=O) groups excluding carboxylic acids is 1. The Bertz CT molecular complexity index is 582. The minimum Gasteiger partial charge on any atom is -0.357 e. The highest BCUT2D eigenvalue weighted by atomic mass is 127. The average molecular weight is 493 g/mol. The number of carbonyl (C=O) groups is 1. The number of aliphatic imine (C=N–C) groups is 1. The van der Waals surface area contributed by atoms with Crippen molar-refractivity contribution in [2.24, 2.45) is 4.99 Å². The number of benzene rings is 1. The van der Waals surface area contributed by atoms with Crippen molar-refractivity contribution < 1.29 is 4.79 Å². The smallest absolute Gasteiger partial charge is 0.222 e. The largest absolute Gasteiger partial charge is 0.357 e. The van der Waals surface area contributed by atoms with Gasteiger partial charge in [-0.05, 0) is 43.9 Å². The molecular formula is C19H30ClIN4O. The predicted molar refractivity (Wildman–Crippen MR) is 119 cm³/mol. The van der Waals surface area contributed by atoms with Crippen LogP contribution in [0.5, 0.6) is 0 Å². The maximum atomic E-state index is 12.0. The number of amides is 1. The summed E-state index contributed by atoms with van der Waals surface area (Å²) in [6.07, 6.45) is 4.96. The van der Waals surface area contributed by atoms with Gasteiger partial charge in [0.2, 0.25) is 5.91 Å². The molecule has 2 N–H and O–H groups in total. The van der Waals surface area contributed by atoms with Crippen LogP contribution >= 0.6 is 35.6 Å². The molecule has 1 heterocycles. The van der Waals surface area contributed by atoms with Crippen LogP contribution in [0, 0.1) is 0 Å². The summed E-state index contributed by atoms with van der Waals surface area (Å²) in [6, 6.07) is 7.75. The monoisotopic (exact) mass is 492 g/mol. The molecule has 0 aromatic heterocycles. The molecule has 1 saturated heterocycles. The Morgan fingerprint density at radius 1 is 1.27 bits per heavy atom. The van der Waals surface area contributed by atoms with Crippen LogP contribution in [0.1, 0.15) is 44.6 Å². The molecule has 0 atom stereocenters. The standard InChI is InChI=1S/C19H29ClN4O.HI/c1-2-21-19(23-15-16-8-6-9-17(20)14-16)22-11-7-13-24-12-5-3-4-10-18(24)25;/h6,8-9,14H,2-5,7,10-13,15H2,1H3,(H2,21,22,23);1H. The molecule has 1 aliphatic rings. The number of halogens is 2. The second kappa shape index (κ2) is 13.2. The molecule has 1 fully saturated rings. The van der Waals surface area contributed by atoms with Gasteiger partial charge in [-0.15, -0.1) is 24.0 Å². The van der Waals surface area contributed by atoms with Gasteiger partial charge in [-0.2, -0.15) is 0 Å². The highest BCUT2D eigenvalue weighted by molar-refractivity contribution is 14.0. The highest BCUT2D eigenvalue weighted by Crippen LogP contribution is 2.12. The van der Waals surface area contributed by atoms with Crippen molar-refractivity contribution in [1.82, 2.24) is 15.5 Å². The van der Waals surface area contributed by atoms with Gasteiger partial charge in [0.05, 0.1) is 6.54 Å². The Kier molecular flexibility index (Phi) is 11.7. The van der Waals surface area contributed by atoms with Crippen LogP contribution < -0.4 is 10.6 Å². The molecular weight excluding hydrogens is 463 g/mol. The summed E-state index contributed by atoms with van der Waals surface area (Å²) in [7, 11) is 0. The number of hydrogen-bond donors (Lipinski definition) is 2. The summed E-state index contributed by atoms with van der Waals surface area (Å²) in [5.41, 5.74) is 1.08. The summed E-state index contributed by atoms with van der Waals surface area (Å²) in [5.74, 6) is 1.10. The van der Waals surface area contributed by atoms with Crippen LogP contribution in [0.15, 0.2) is 29.3 Å². The van der Waals surface area contributed by atoms with E-state index >= 15 is 0 Å². The van der Waals surface area contributed by atoms with Gasteiger partial charge in [0.1, 0.15) is 0 Å². The fraction of sp³-hybridized carbons (Fsp3) is 0.579. The number of rotatable bonds is 7. The van der Waals surface area contributed by atoms with E-state index in [-0.39, 0.29) is 24.0 Å². The lowest BCUT2D eigenvalue weighted by atomic mass is 10.2. The topological polar surface area (TPSA) is 56.7 Å². The Labute approximate surface area is 179 Å². The normalized spacial score (nSPS) is 15.2. The maximum absolute atomic E-state index is 12.0. The van der Waals surface area contributed by atoms with Crippen LogP contribution in [-0.4, -0.2) is 42.9 Å². The molecule has 0 radical (unpaired) electrons. The van der Waals surface area contributed by atoms with E-state index < -0.39 is 0 Å². The zero-order valence-corrected chi connectivity index (χ0v) is 18.6. The van der Waals surface area contributed by atoms with Gasteiger partial charge in [0.15, 0.2) is 5.96 Å². The van der Waals surface area contributed by atoms with E-state index in [9.17, 15) is 4.79 Å². The van der Waals surface area contributed by atoms with E-state index in [2.05, 4.69) is 15.6 Å². The Balaban J connectivity index is 0.00000338. The van der Waals surface area contributed by atoms with Crippen LogP contribution in [0.3, 0.4) is 0 Å². The molecule has 1 aliphatic heterocycles. The van der Waals surface area contributed by atoms with Gasteiger partial charge in [-0.3, -0.25) is 4.79 Å². The van der Waals surface area contributed by atoms with Gasteiger partial charge in [-0.1, -0.05) is 30.2 Å². The first kappa shape index (κ1) is 23.0. The third-order valence-electron chi connectivity index (χ3n) is 4.22. The van der Waals surface area contributed by atoms with E-state index in [0.29, 0.717) is 18.9 Å². The van der Waals surface area contributed by atoms with Gasteiger partial charge in [0.25, 0.3) is 0 Å². The predicted octanol–water partition coefficient (Wildman–Crippen LogP) is 3.81. The second-order valence-corrected chi connectivity index (χ2v) is 6.73. The van der Waals surface area contributed by atoms with Gasteiger partial charge in [-0.25, -0.2) is 4.99 Å². The van der Waals surface area contributed by atoms with Gasteiger partial charge in [0, 0.05) is 37.6 Å². The molecule has 1 amide bonds. The average Bonchev–Trinajstić information content (AvgIpc) is 2.81. The third kappa shape index (κ3) is 8.58. The molecule has 0 aliphatic carbocycles. The molecule has 0 bridgehead atoms. The van der Waals surface area contributed by atoms with Crippen LogP contribution in [0.25, 0.3) is 0 Å². The molecule has 5 nitrogen and oxygen atoms in total. The van der Waals surface area contributed by atoms with Crippen LogP contribution in [-0.2, 0) is 11.3 Å². The fourth-order valence-electron chi connectivity index (χ4n) is 2.90. The first-order valence-electron chi connectivity index (χ1n) is 9.23. The zero-order valence-electron chi connectivity index (χ0n) is 15.5. The van der Waals surface area contributed by atoms with Crippen molar-refractivity contribution in [3.05, 3.63) is 34.9 Å². The first-order valence-corrected chi connectivity index (χ1v) is 9.61. The summed E-state index contributed by atoms with van der Waals surface area (Å²) in [6.45, 7) is 5.96. The molecule has 26 heavy (non-hydrogen) atoms. The van der Waals surface area contributed by atoms with Crippen LogP contribution in [0.2, 0.25) is 5.02 Å². The summed E-state index contributed by atoms with van der Waals surface area (Å²) < 4.78 is 0. The minimum absolute atomic E-state index is 0. The number of hydrogen-bond acceptors (Lipinski definition) is 2. The van der Waals surface area contributed by atoms with Crippen molar-refractivity contribution in [2.45, 2.75) is 45.6 Å². The van der Waals surface area contributed by atoms with Gasteiger partial charge < -0.3 is 15.5 Å². The van der Waals surface area contributed by atoms with E-state index in [1.54, 1.807) is 0 Å². The Morgan fingerprint density at radius 3 is 2.88 bits per heavy atom. The molecule has 0 saturated carbocycles. The SMILES string of the molecule is CCNC(=NCc1cccc(Cl)c1)NCCCN1CCCCCC1=O.I. The van der Waals surface area contributed by atoms with Crippen LogP contribution in [0.4, 0.5) is 0 Å². The summed E-state index contributed by atoms with van der Waals surface area (Å²) >= 11 is 6.01. The highest BCUT2D eigenvalue weighted by Gasteiger charge is 2.15. The first-order chi connectivity index (χ1) is 12.2. The quantitative estimate of drug-likeness (QED) is 0.263. The lowest BCUT2D eigenvalue weighted by molar-refractivity contribution is -0.130. The molecule has 1 aromatic rings. The molecule has 0 unspecified atom stereocenters. The number of likely N-dealkylation sites (tertiary alicyclic amines) is 1. The Hall–Kier alpha value is -1.02. The minimum atomic E-state index is 0. The lowest BCUT2D eigenvalue weighted by Crippen LogP contribution is -2.39. The van der Waals surface area contributed by atoms with Crippen molar-refractivity contribution in [2.75, 3.05) is 26.2 Å². The van der Waals surface area contributed by atoms with Crippen molar-refractivity contribution >= 4 is 47.4 Å². The molecule has 7 heteroatoms. The maximum Gasteiger partial charge on any atom is 0.222 e. The number of guanidine groups is 1. The molecule has 146 valence electrons. The van der Waals surface area contributed by atoms with E-state index in [0.717, 1.165) is 62.0 Å². The van der Waals surface area contributed by atoms with Crippen molar-refractivity contribution in [3.8, 4) is 0 Å². The third-order valence-corrected chi connectivity index (χ3v) is 4.46. The summed E-state index contributed by atoms with van der Waals surface area (Å²) in [4.78, 5) is 18.6. The molecule has 2 rings (SSSR count). The summed E-state index contributed by atoms with van der Waals surface area (Å²) in [5, 5.41) is 7.32. The Morgan fingerprint density at radius 2 is 2.12 bits per heavy atom.